The molecular weight excluding hydrogens is 408 g/mol. The summed E-state index contributed by atoms with van der Waals surface area (Å²) < 4.78 is 26.5. The summed E-state index contributed by atoms with van der Waals surface area (Å²) >= 11 is 6.11. The maximum Gasteiger partial charge on any atom is 0.257 e. The molecule has 1 saturated carbocycles. The van der Waals surface area contributed by atoms with Gasteiger partial charge in [0.05, 0.1) is 22.4 Å². The fourth-order valence-electron chi connectivity index (χ4n) is 4.19. The smallest absolute Gasteiger partial charge is 0.257 e. The number of benzene rings is 2. The van der Waals surface area contributed by atoms with Crippen molar-refractivity contribution in [3.8, 4) is 0 Å². The SMILES string of the molecule is CS(=O)(=O)n1c(C2CCCCC2)cc2cc(NC(=O)c3ccccc3Cl)ccc21. The van der Waals surface area contributed by atoms with Crippen LogP contribution in [0.25, 0.3) is 10.9 Å². The molecule has 1 N–H and O–H groups in total. The number of nitrogens with one attached hydrogen (secondary N) is 1. The summed E-state index contributed by atoms with van der Waals surface area (Å²) in [6, 6.07) is 14.1. The second-order valence-corrected chi connectivity index (χ2v) is 9.88. The predicted octanol–water partition coefficient (Wildman–Crippen LogP) is 5.40. The monoisotopic (exact) mass is 430 g/mol. The van der Waals surface area contributed by atoms with E-state index in [9.17, 15) is 13.2 Å². The summed E-state index contributed by atoms with van der Waals surface area (Å²) in [6.45, 7) is 0. The van der Waals surface area contributed by atoms with Gasteiger partial charge in [-0.05, 0) is 49.2 Å². The number of halogens is 1. The lowest BCUT2D eigenvalue weighted by molar-refractivity contribution is 0.102. The number of nitrogens with zero attached hydrogens (tertiary/aromatic N) is 1. The molecule has 0 saturated heterocycles. The number of anilines is 1. The molecule has 1 aliphatic carbocycles. The van der Waals surface area contributed by atoms with E-state index in [1.54, 1.807) is 36.4 Å². The highest BCUT2D eigenvalue weighted by Gasteiger charge is 2.25. The number of carbonyl (C=O) groups excluding carboxylic acids is 1. The fraction of sp³-hybridized carbons (Fsp3) is 0.318. The van der Waals surface area contributed by atoms with Crippen molar-refractivity contribution < 1.29 is 13.2 Å². The Balaban J connectivity index is 1.72. The van der Waals surface area contributed by atoms with Crippen molar-refractivity contribution in [2.24, 2.45) is 0 Å². The van der Waals surface area contributed by atoms with Gasteiger partial charge in [0.25, 0.3) is 5.91 Å². The molecule has 0 unspecified atom stereocenters. The number of hydrogen-bond acceptors (Lipinski definition) is 3. The van der Waals surface area contributed by atoms with Gasteiger partial charge in [-0.1, -0.05) is 43.0 Å². The van der Waals surface area contributed by atoms with E-state index in [-0.39, 0.29) is 11.8 Å². The summed E-state index contributed by atoms with van der Waals surface area (Å²) in [5.74, 6) is -0.0583. The van der Waals surface area contributed by atoms with E-state index in [1.807, 2.05) is 12.1 Å². The van der Waals surface area contributed by atoms with E-state index in [4.69, 9.17) is 11.6 Å². The van der Waals surface area contributed by atoms with Crippen LogP contribution in [-0.2, 0) is 10.0 Å². The first kappa shape index (κ1) is 20.0. The van der Waals surface area contributed by atoms with E-state index in [0.29, 0.717) is 21.8 Å². The van der Waals surface area contributed by atoms with Crippen LogP contribution in [0.4, 0.5) is 5.69 Å². The number of amides is 1. The van der Waals surface area contributed by atoms with Crippen LogP contribution >= 0.6 is 11.6 Å². The molecule has 1 aromatic heterocycles. The third-order valence-corrected chi connectivity index (χ3v) is 6.92. The Morgan fingerprint density at radius 1 is 1.07 bits per heavy atom. The quantitative estimate of drug-likeness (QED) is 0.602. The van der Waals surface area contributed by atoms with Gasteiger partial charge in [-0.2, -0.15) is 0 Å². The number of carbonyl (C=O) groups is 1. The van der Waals surface area contributed by atoms with Crippen molar-refractivity contribution in [3.63, 3.8) is 0 Å². The Kier molecular flexibility index (Phi) is 5.40. The summed E-state index contributed by atoms with van der Waals surface area (Å²) in [6.07, 6.45) is 6.69. The molecule has 152 valence electrons. The molecule has 29 heavy (non-hydrogen) atoms. The van der Waals surface area contributed by atoms with Crippen molar-refractivity contribution in [3.05, 3.63) is 64.8 Å². The third-order valence-electron chi connectivity index (χ3n) is 5.52. The van der Waals surface area contributed by atoms with E-state index in [1.165, 1.54) is 16.6 Å². The van der Waals surface area contributed by atoms with Gasteiger partial charge in [-0.15, -0.1) is 0 Å². The topological polar surface area (TPSA) is 68.2 Å². The van der Waals surface area contributed by atoms with Gasteiger partial charge >= 0.3 is 0 Å². The molecule has 1 heterocycles. The molecule has 2 aromatic carbocycles. The highest BCUT2D eigenvalue weighted by atomic mass is 35.5. The second-order valence-electron chi connectivity index (χ2n) is 7.64. The van der Waals surface area contributed by atoms with E-state index in [0.717, 1.165) is 36.8 Å². The molecule has 0 atom stereocenters. The van der Waals surface area contributed by atoms with Crippen LogP contribution in [0, 0.1) is 0 Å². The Morgan fingerprint density at radius 3 is 2.48 bits per heavy atom. The minimum atomic E-state index is -3.44. The molecule has 0 bridgehead atoms. The van der Waals surface area contributed by atoms with Crippen LogP contribution in [0.1, 0.15) is 54.1 Å². The van der Waals surface area contributed by atoms with Gasteiger partial charge < -0.3 is 5.32 Å². The number of aromatic nitrogens is 1. The largest absolute Gasteiger partial charge is 0.322 e. The molecule has 4 rings (SSSR count). The van der Waals surface area contributed by atoms with E-state index in [2.05, 4.69) is 5.32 Å². The van der Waals surface area contributed by atoms with Crippen LogP contribution in [0.5, 0.6) is 0 Å². The van der Waals surface area contributed by atoms with Gasteiger partial charge in [0.1, 0.15) is 0 Å². The van der Waals surface area contributed by atoms with Crippen LogP contribution in [0.2, 0.25) is 5.02 Å². The van der Waals surface area contributed by atoms with Gasteiger partial charge in [-0.3, -0.25) is 4.79 Å². The summed E-state index contributed by atoms with van der Waals surface area (Å²) in [7, 11) is -3.44. The molecule has 1 fully saturated rings. The number of rotatable bonds is 4. The Hall–Kier alpha value is -2.31. The zero-order chi connectivity index (χ0) is 20.6. The lowest BCUT2D eigenvalue weighted by atomic mass is 9.87. The maximum atomic E-state index is 12.6. The average Bonchev–Trinajstić information content (AvgIpc) is 3.08. The first-order valence-electron chi connectivity index (χ1n) is 9.76. The molecular formula is C22H23ClN2O3S. The van der Waals surface area contributed by atoms with Crippen molar-refractivity contribution in [2.45, 2.75) is 38.0 Å². The fourth-order valence-corrected chi connectivity index (χ4v) is 5.52. The minimum absolute atomic E-state index is 0.243. The lowest BCUT2D eigenvalue weighted by Crippen LogP contribution is -2.17. The maximum absolute atomic E-state index is 12.6. The zero-order valence-corrected chi connectivity index (χ0v) is 17.8. The highest BCUT2D eigenvalue weighted by molar-refractivity contribution is 7.89. The number of hydrogen-bond donors (Lipinski definition) is 1. The lowest BCUT2D eigenvalue weighted by Gasteiger charge is -2.22. The van der Waals surface area contributed by atoms with Crippen LogP contribution in [-0.4, -0.2) is 24.6 Å². The van der Waals surface area contributed by atoms with E-state index >= 15 is 0 Å². The van der Waals surface area contributed by atoms with E-state index < -0.39 is 10.0 Å². The molecule has 0 spiro atoms. The Bertz CT molecular complexity index is 1180. The molecule has 0 radical (unpaired) electrons. The highest BCUT2D eigenvalue weighted by Crippen LogP contribution is 2.37. The molecule has 3 aromatic rings. The number of fused-ring (bicyclic) bond motifs is 1. The average molecular weight is 431 g/mol. The molecule has 1 aliphatic rings. The predicted molar refractivity (Wildman–Crippen MR) is 117 cm³/mol. The normalized spacial score (nSPS) is 15.5. The van der Waals surface area contributed by atoms with Gasteiger partial charge in [-0.25, -0.2) is 12.4 Å². The van der Waals surface area contributed by atoms with Crippen molar-refractivity contribution in [1.82, 2.24) is 3.97 Å². The first-order chi connectivity index (χ1) is 13.8. The second kappa shape index (κ2) is 7.84. The third kappa shape index (κ3) is 4.05. The molecule has 5 nitrogen and oxygen atoms in total. The minimum Gasteiger partial charge on any atom is -0.322 e. The first-order valence-corrected chi connectivity index (χ1v) is 12.0. The van der Waals surface area contributed by atoms with Crippen molar-refractivity contribution in [2.75, 3.05) is 11.6 Å². The zero-order valence-electron chi connectivity index (χ0n) is 16.2. The van der Waals surface area contributed by atoms with Gasteiger partial charge in [0.2, 0.25) is 10.0 Å². The van der Waals surface area contributed by atoms with Crippen molar-refractivity contribution in [1.29, 1.82) is 0 Å². The van der Waals surface area contributed by atoms with Crippen LogP contribution < -0.4 is 5.32 Å². The molecule has 1 amide bonds. The van der Waals surface area contributed by atoms with Gasteiger partial charge in [0.15, 0.2) is 0 Å². The summed E-state index contributed by atoms with van der Waals surface area (Å²) in [4.78, 5) is 12.6. The summed E-state index contributed by atoms with van der Waals surface area (Å²) in [5, 5.41) is 4.04. The summed E-state index contributed by atoms with van der Waals surface area (Å²) in [5.41, 5.74) is 2.48. The van der Waals surface area contributed by atoms with Crippen LogP contribution in [0.3, 0.4) is 0 Å². The van der Waals surface area contributed by atoms with Crippen LogP contribution in [0.15, 0.2) is 48.5 Å². The molecule has 0 aliphatic heterocycles. The standard InChI is InChI=1S/C22H23ClN2O3S/c1-29(27,28)25-20-12-11-17(24-22(26)18-9-5-6-10-19(18)23)13-16(20)14-21(25)15-7-3-2-4-8-15/h5-6,9-15H,2-4,7-8H2,1H3,(H,24,26). The Morgan fingerprint density at radius 2 is 1.79 bits per heavy atom. The van der Waals surface area contributed by atoms with Gasteiger partial charge in [0, 0.05) is 22.7 Å². The van der Waals surface area contributed by atoms with Crippen molar-refractivity contribution >= 4 is 44.1 Å². The Labute approximate surface area is 175 Å². The molecule has 7 heteroatoms.